The molecule has 0 saturated carbocycles. The van der Waals surface area contributed by atoms with Gasteiger partial charge in [0, 0.05) is 11.1 Å². The van der Waals surface area contributed by atoms with Crippen molar-refractivity contribution >= 4 is 11.5 Å². The van der Waals surface area contributed by atoms with E-state index in [9.17, 15) is 39.9 Å². The minimum atomic E-state index is -5.16. The number of alkyl halides is 6. The molecule has 0 aliphatic rings. The second-order valence-electron chi connectivity index (χ2n) is 4.98. The molecule has 2 nitrogen and oxygen atoms in total. The standard InChI is InChI=1S/C15H7F8NO/c16-10-3-7(4-11(17)12(10)24)13(25)6-1-8(14(18,19)20)5-9(2-6)15(21,22)23/h1-5H,24H2. The summed E-state index contributed by atoms with van der Waals surface area (Å²) in [6.45, 7) is 0. The number of halogens is 8. The lowest BCUT2D eigenvalue weighted by atomic mass is 9.97. The van der Waals surface area contributed by atoms with Crippen molar-refractivity contribution in [3.05, 3.63) is 64.2 Å². The van der Waals surface area contributed by atoms with Gasteiger partial charge in [-0.05, 0) is 30.3 Å². The van der Waals surface area contributed by atoms with E-state index in [-0.39, 0.29) is 18.2 Å². The first-order valence-corrected chi connectivity index (χ1v) is 6.39. The van der Waals surface area contributed by atoms with Crippen molar-refractivity contribution in [2.45, 2.75) is 12.4 Å². The first-order valence-electron chi connectivity index (χ1n) is 6.39. The molecule has 0 aliphatic carbocycles. The van der Waals surface area contributed by atoms with Gasteiger partial charge in [-0.3, -0.25) is 4.79 Å². The Kier molecular flexibility index (Phi) is 4.49. The van der Waals surface area contributed by atoms with Gasteiger partial charge in [0.2, 0.25) is 0 Å². The minimum Gasteiger partial charge on any atom is -0.394 e. The van der Waals surface area contributed by atoms with Gasteiger partial charge in [-0.15, -0.1) is 0 Å². The van der Waals surface area contributed by atoms with Gasteiger partial charge >= 0.3 is 12.4 Å². The Bertz CT molecular complexity index is 783. The third kappa shape index (κ3) is 3.89. The van der Waals surface area contributed by atoms with Crippen LogP contribution in [0.4, 0.5) is 40.8 Å². The van der Waals surface area contributed by atoms with Crippen LogP contribution in [0.5, 0.6) is 0 Å². The van der Waals surface area contributed by atoms with Crippen molar-refractivity contribution < 1.29 is 39.9 Å². The van der Waals surface area contributed by atoms with E-state index in [0.29, 0.717) is 12.1 Å². The zero-order valence-corrected chi connectivity index (χ0v) is 11.9. The molecule has 0 amide bonds. The highest BCUT2D eigenvalue weighted by atomic mass is 19.4. The minimum absolute atomic E-state index is 0.166. The topological polar surface area (TPSA) is 43.1 Å². The second-order valence-corrected chi connectivity index (χ2v) is 4.98. The molecule has 0 heterocycles. The van der Waals surface area contributed by atoms with Crippen LogP contribution in [0.15, 0.2) is 30.3 Å². The molecule has 2 aromatic rings. The van der Waals surface area contributed by atoms with E-state index in [4.69, 9.17) is 5.73 Å². The Labute approximate surface area is 134 Å². The number of hydrogen-bond acceptors (Lipinski definition) is 2. The Balaban J connectivity index is 2.63. The summed E-state index contributed by atoms with van der Waals surface area (Å²) in [5.74, 6) is -4.16. The van der Waals surface area contributed by atoms with Crippen LogP contribution in [0.3, 0.4) is 0 Å². The summed E-state index contributed by atoms with van der Waals surface area (Å²) in [4.78, 5) is 12.1. The molecule has 0 spiro atoms. The van der Waals surface area contributed by atoms with Gasteiger partial charge in [0.25, 0.3) is 0 Å². The predicted molar refractivity (Wildman–Crippen MR) is 70.6 cm³/mol. The van der Waals surface area contributed by atoms with Crippen LogP contribution in [0.1, 0.15) is 27.0 Å². The molecular weight excluding hydrogens is 362 g/mol. The first kappa shape index (κ1) is 18.7. The van der Waals surface area contributed by atoms with E-state index in [2.05, 4.69) is 0 Å². The van der Waals surface area contributed by atoms with Gasteiger partial charge < -0.3 is 5.73 Å². The summed E-state index contributed by atoms with van der Waals surface area (Å²) >= 11 is 0. The average Bonchev–Trinajstić information content (AvgIpc) is 2.49. The normalized spacial score (nSPS) is 12.3. The Hall–Kier alpha value is -2.65. The van der Waals surface area contributed by atoms with Gasteiger partial charge in [0.15, 0.2) is 5.78 Å². The van der Waals surface area contributed by atoms with Crippen molar-refractivity contribution in [2.24, 2.45) is 0 Å². The van der Waals surface area contributed by atoms with Crippen LogP contribution >= 0.6 is 0 Å². The third-order valence-corrected chi connectivity index (χ3v) is 3.19. The molecule has 10 heteroatoms. The molecule has 0 fully saturated rings. The predicted octanol–water partition coefficient (Wildman–Crippen LogP) is 4.82. The monoisotopic (exact) mass is 369 g/mol. The quantitative estimate of drug-likeness (QED) is 0.469. The lowest BCUT2D eigenvalue weighted by Gasteiger charge is -2.14. The Morgan fingerprint density at radius 2 is 1.08 bits per heavy atom. The van der Waals surface area contributed by atoms with Crippen LogP contribution in [-0.2, 0) is 12.4 Å². The van der Waals surface area contributed by atoms with E-state index < -0.39 is 57.7 Å². The Morgan fingerprint density at radius 1 is 0.720 bits per heavy atom. The zero-order valence-electron chi connectivity index (χ0n) is 11.9. The molecule has 2 aromatic carbocycles. The van der Waals surface area contributed by atoms with Crippen LogP contribution in [0.25, 0.3) is 0 Å². The fraction of sp³-hybridized carbons (Fsp3) is 0.133. The van der Waals surface area contributed by atoms with Gasteiger partial charge in [0.05, 0.1) is 11.1 Å². The maximum atomic E-state index is 13.4. The van der Waals surface area contributed by atoms with Gasteiger partial charge in [-0.2, -0.15) is 26.3 Å². The lowest BCUT2D eigenvalue weighted by molar-refractivity contribution is -0.143. The van der Waals surface area contributed by atoms with Crippen molar-refractivity contribution in [1.29, 1.82) is 0 Å². The number of anilines is 1. The molecule has 0 radical (unpaired) electrons. The number of nitrogens with two attached hydrogens (primary N) is 1. The number of ketones is 1. The summed E-state index contributed by atoms with van der Waals surface area (Å²) in [6, 6.07) is 1.02. The number of nitrogen functional groups attached to an aromatic ring is 1. The van der Waals surface area contributed by atoms with E-state index in [1.54, 1.807) is 0 Å². The summed E-state index contributed by atoms with van der Waals surface area (Å²) in [7, 11) is 0. The highest BCUT2D eigenvalue weighted by molar-refractivity contribution is 6.09. The summed E-state index contributed by atoms with van der Waals surface area (Å²) < 4.78 is 103. The van der Waals surface area contributed by atoms with Crippen LogP contribution < -0.4 is 5.73 Å². The molecule has 2 rings (SSSR count). The first-order chi connectivity index (χ1) is 11.3. The van der Waals surface area contributed by atoms with Crippen LogP contribution in [-0.4, -0.2) is 5.78 Å². The van der Waals surface area contributed by atoms with Crippen LogP contribution in [0.2, 0.25) is 0 Å². The number of rotatable bonds is 2. The third-order valence-electron chi connectivity index (χ3n) is 3.19. The summed E-state index contributed by atoms with van der Waals surface area (Å²) in [5.41, 5.74) is -1.18. The zero-order chi connectivity index (χ0) is 19.2. The summed E-state index contributed by atoms with van der Waals surface area (Å²) in [5, 5.41) is 0. The smallest absolute Gasteiger partial charge is 0.394 e. The van der Waals surface area contributed by atoms with Crippen molar-refractivity contribution in [2.75, 3.05) is 5.73 Å². The molecule has 0 bridgehead atoms. The fourth-order valence-corrected chi connectivity index (χ4v) is 1.97. The molecule has 0 atom stereocenters. The number of benzene rings is 2. The average molecular weight is 369 g/mol. The molecule has 134 valence electrons. The molecule has 0 aliphatic heterocycles. The largest absolute Gasteiger partial charge is 0.416 e. The highest BCUT2D eigenvalue weighted by Crippen LogP contribution is 2.36. The molecule has 0 saturated heterocycles. The highest BCUT2D eigenvalue weighted by Gasteiger charge is 2.37. The SMILES string of the molecule is Nc1c(F)cc(C(=O)c2cc(C(F)(F)F)cc(C(F)(F)F)c2)cc1F. The number of hydrogen-bond donors (Lipinski definition) is 1. The second kappa shape index (κ2) is 6.01. The van der Waals surface area contributed by atoms with Crippen LogP contribution in [0, 0.1) is 11.6 Å². The maximum absolute atomic E-state index is 13.4. The van der Waals surface area contributed by atoms with Crippen molar-refractivity contribution in [3.8, 4) is 0 Å². The maximum Gasteiger partial charge on any atom is 0.416 e. The molecule has 2 N–H and O–H groups in total. The molecule has 0 aromatic heterocycles. The van der Waals surface area contributed by atoms with E-state index >= 15 is 0 Å². The van der Waals surface area contributed by atoms with Gasteiger partial charge in [-0.1, -0.05) is 0 Å². The van der Waals surface area contributed by atoms with Crippen molar-refractivity contribution in [1.82, 2.24) is 0 Å². The van der Waals surface area contributed by atoms with Crippen molar-refractivity contribution in [3.63, 3.8) is 0 Å². The van der Waals surface area contributed by atoms with Gasteiger partial charge in [-0.25, -0.2) is 8.78 Å². The van der Waals surface area contributed by atoms with Gasteiger partial charge in [0.1, 0.15) is 17.3 Å². The van der Waals surface area contributed by atoms with E-state index in [1.807, 2.05) is 0 Å². The molecular formula is C15H7F8NO. The number of carbonyl (C=O) groups is 1. The lowest BCUT2D eigenvalue weighted by Crippen LogP contribution is -2.14. The van der Waals surface area contributed by atoms with E-state index in [1.165, 1.54) is 0 Å². The Morgan fingerprint density at radius 3 is 1.44 bits per heavy atom. The number of carbonyl (C=O) groups excluding carboxylic acids is 1. The summed E-state index contributed by atoms with van der Waals surface area (Å²) in [6.07, 6.45) is -10.3. The van der Waals surface area contributed by atoms with E-state index in [0.717, 1.165) is 0 Å². The molecule has 25 heavy (non-hydrogen) atoms. The fourth-order valence-electron chi connectivity index (χ4n) is 1.97. The molecule has 0 unspecified atom stereocenters.